The summed E-state index contributed by atoms with van der Waals surface area (Å²) in [6.07, 6.45) is 1.24. The van der Waals surface area contributed by atoms with Crippen LogP contribution >= 0.6 is 11.6 Å². The average molecular weight is 387 g/mol. The van der Waals surface area contributed by atoms with E-state index in [1.54, 1.807) is 11.0 Å². The van der Waals surface area contributed by atoms with Crippen LogP contribution in [0.1, 0.15) is 31.4 Å². The Kier molecular flexibility index (Phi) is 5.55. The van der Waals surface area contributed by atoms with Crippen molar-refractivity contribution in [3.63, 3.8) is 0 Å². The molecule has 6 nitrogen and oxygen atoms in total. The number of amides is 2. The lowest BCUT2D eigenvalue weighted by Crippen LogP contribution is -2.52. The topological polar surface area (TPSA) is 75.7 Å². The van der Waals surface area contributed by atoms with Crippen LogP contribution in [-0.2, 0) is 14.6 Å². The molecule has 0 bridgehead atoms. The van der Waals surface area contributed by atoms with Crippen LogP contribution in [0.5, 0.6) is 0 Å². The Hall–Kier alpha value is -1.31. The fourth-order valence-electron chi connectivity index (χ4n) is 3.12. The number of carbonyl (C=O) groups is 1. The molecule has 3 rings (SSSR count). The largest absolute Gasteiger partial charge is 0.370 e. The van der Waals surface area contributed by atoms with Gasteiger partial charge in [-0.2, -0.15) is 0 Å². The maximum absolute atomic E-state index is 12.5. The highest BCUT2D eigenvalue weighted by Crippen LogP contribution is 2.30. The highest BCUT2D eigenvalue weighted by atomic mass is 35.5. The maximum atomic E-state index is 12.5. The molecule has 1 aromatic rings. The standard InChI is InChI=1S/C17H23ClN2O4S/c1-12-16(13-3-2-4-14(18)11-13)24-9-8-20(12)17(21)19-7-10-25(22,23)15-5-6-15/h2-4,11-12,15-16H,5-10H2,1H3,(H,19,21)/t12-,16+/m1/s1. The molecule has 25 heavy (non-hydrogen) atoms. The third-order valence-electron chi connectivity index (χ3n) is 4.69. The van der Waals surface area contributed by atoms with Crippen LogP contribution in [0.2, 0.25) is 5.02 Å². The summed E-state index contributed by atoms with van der Waals surface area (Å²) >= 11 is 6.05. The highest BCUT2D eigenvalue weighted by molar-refractivity contribution is 7.92. The Morgan fingerprint density at radius 2 is 2.16 bits per heavy atom. The van der Waals surface area contributed by atoms with Crippen molar-refractivity contribution in [1.29, 1.82) is 0 Å². The molecule has 1 saturated heterocycles. The SMILES string of the molecule is C[C@@H]1[C@@H](c2cccc(Cl)c2)OCCN1C(=O)NCCS(=O)(=O)C1CC1. The number of morpholine rings is 1. The quantitative estimate of drug-likeness (QED) is 0.843. The summed E-state index contributed by atoms with van der Waals surface area (Å²) in [6, 6.07) is 6.99. The molecule has 0 spiro atoms. The average Bonchev–Trinajstić information content (AvgIpc) is 3.40. The lowest BCUT2D eigenvalue weighted by molar-refractivity contribution is -0.0496. The summed E-state index contributed by atoms with van der Waals surface area (Å²) in [7, 11) is -3.06. The third-order valence-corrected chi connectivity index (χ3v) is 7.19. The van der Waals surface area contributed by atoms with Gasteiger partial charge < -0.3 is 15.0 Å². The van der Waals surface area contributed by atoms with Crippen molar-refractivity contribution >= 4 is 27.5 Å². The first-order chi connectivity index (χ1) is 11.9. The highest BCUT2D eigenvalue weighted by Gasteiger charge is 2.36. The molecule has 0 aromatic heterocycles. The molecule has 2 aliphatic rings. The molecule has 1 aliphatic carbocycles. The molecule has 1 N–H and O–H groups in total. The van der Waals surface area contributed by atoms with Crippen LogP contribution in [0.4, 0.5) is 4.79 Å². The van der Waals surface area contributed by atoms with Crippen molar-refractivity contribution in [1.82, 2.24) is 10.2 Å². The Morgan fingerprint density at radius 1 is 1.40 bits per heavy atom. The van der Waals surface area contributed by atoms with Crippen molar-refractivity contribution in [2.45, 2.75) is 37.2 Å². The molecule has 1 saturated carbocycles. The van der Waals surface area contributed by atoms with Crippen LogP contribution in [0.15, 0.2) is 24.3 Å². The molecule has 2 atom stereocenters. The second-order valence-electron chi connectivity index (χ2n) is 6.58. The van der Waals surface area contributed by atoms with E-state index < -0.39 is 9.84 Å². The molecule has 1 heterocycles. The summed E-state index contributed by atoms with van der Waals surface area (Å²) in [4.78, 5) is 14.2. The van der Waals surface area contributed by atoms with Gasteiger partial charge in [-0.25, -0.2) is 13.2 Å². The molecular weight excluding hydrogens is 364 g/mol. The van der Waals surface area contributed by atoms with Gasteiger partial charge in [-0.05, 0) is 37.5 Å². The van der Waals surface area contributed by atoms with Gasteiger partial charge in [-0.15, -0.1) is 0 Å². The number of hydrogen-bond donors (Lipinski definition) is 1. The molecular formula is C17H23ClN2O4S. The Balaban J connectivity index is 1.58. The van der Waals surface area contributed by atoms with Gasteiger partial charge in [-0.3, -0.25) is 0 Å². The van der Waals surface area contributed by atoms with Crippen LogP contribution < -0.4 is 5.32 Å². The fraction of sp³-hybridized carbons (Fsp3) is 0.588. The number of nitrogens with one attached hydrogen (secondary N) is 1. The second-order valence-corrected chi connectivity index (χ2v) is 9.42. The Labute approximate surface area is 153 Å². The lowest BCUT2D eigenvalue weighted by Gasteiger charge is -2.39. The Bertz CT molecular complexity index is 736. The molecule has 0 unspecified atom stereocenters. The van der Waals surface area contributed by atoms with Gasteiger partial charge in [0.15, 0.2) is 9.84 Å². The first-order valence-electron chi connectivity index (χ1n) is 8.51. The zero-order valence-electron chi connectivity index (χ0n) is 14.2. The van der Waals surface area contributed by atoms with Crippen molar-refractivity contribution in [3.8, 4) is 0 Å². The van der Waals surface area contributed by atoms with Gasteiger partial charge in [0, 0.05) is 18.1 Å². The molecule has 2 amide bonds. The monoisotopic (exact) mass is 386 g/mol. The summed E-state index contributed by atoms with van der Waals surface area (Å²) < 4.78 is 29.6. The first kappa shape index (κ1) is 18.5. The normalized spacial score (nSPS) is 24.2. The minimum Gasteiger partial charge on any atom is -0.370 e. The molecule has 2 fully saturated rings. The van der Waals surface area contributed by atoms with E-state index in [1.807, 2.05) is 25.1 Å². The van der Waals surface area contributed by atoms with Crippen LogP contribution in [0.25, 0.3) is 0 Å². The second kappa shape index (κ2) is 7.51. The number of halogens is 1. The summed E-state index contributed by atoms with van der Waals surface area (Å²) in [5, 5.41) is 3.16. The number of hydrogen-bond acceptors (Lipinski definition) is 4. The van der Waals surface area contributed by atoms with Crippen molar-refractivity contribution in [2.24, 2.45) is 0 Å². The number of sulfone groups is 1. The van der Waals surface area contributed by atoms with Gasteiger partial charge in [0.1, 0.15) is 6.10 Å². The van der Waals surface area contributed by atoms with E-state index in [-0.39, 0.29) is 35.7 Å². The smallest absolute Gasteiger partial charge is 0.317 e. The van der Waals surface area contributed by atoms with Gasteiger partial charge in [-0.1, -0.05) is 23.7 Å². The number of ether oxygens (including phenoxy) is 1. The van der Waals surface area contributed by atoms with Crippen molar-refractivity contribution in [2.75, 3.05) is 25.4 Å². The van der Waals surface area contributed by atoms with E-state index in [2.05, 4.69) is 5.32 Å². The van der Waals surface area contributed by atoms with Gasteiger partial charge in [0.25, 0.3) is 0 Å². The minimum atomic E-state index is -3.06. The van der Waals surface area contributed by atoms with Gasteiger partial charge in [0.2, 0.25) is 0 Å². The predicted molar refractivity (Wildman–Crippen MR) is 96.5 cm³/mol. The fourth-order valence-corrected chi connectivity index (χ4v) is 4.90. The summed E-state index contributed by atoms with van der Waals surface area (Å²) in [5.74, 6) is -0.000149. The molecule has 8 heteroatoms. The zero-order chi connectivity index (χ0) is 18.0. The predicted octanol–water partition coefficient (Wildman–Crippen LogP) is 2.39. The van der Waals surface area contributed by atoms with E-state index in [9.17, 15) is 13.2 Å². The molecule has 1 aliphatic heterocycles. The number of urea groups is 1. The number of benzene rings is 1. The van der Waals surface area contributed by atoms with E-state index >= 15 is 0 Å². The number of carbonyl (C=O) groups excluding carboxylic acids is 1. The van der Waals surface area contributed by atoms with E-state index in [0.717, 1.165) is 18.4 Å². The van der Waals surface area contributed by atoms with Crippen LogP contribution in [-0.4, -0.2) is 56.1 Å². The van der Waals surface area contributed by atoms with Crippen molar-refractivity contribution < 1.29 is 17.9 Å². The van der Waals surface area contributed by atoms with E-state index in [0.29, 0.717) is 18.2 Å². The van der Waals surface area contributed by atoms with E-state index in [1.165, 1.54) is 0 Å². The minimum absolute atomic E-state index is 0.000149. The number of rotatable bonds is 5. The third kappa shape index (κ3) is 4.46. The number of nitrogens with zero attached hydrogens (tertiary/aromatic N) is 1. The van der Waals surface area contributed by atoms with Crippen LogP contribution in [0.3, 0.4) is 0 Å². The molecule has 138 valence electrons. The molecule has 0 radical (unpaired) electrons. The van der Waals surface area contributed by atoms with Crippen molar-refractivity contribution in [3.05, 3.63) is 34.9 Å². The van der Waals surface area contributed by atoms with Crippen LogP contribution in [0, 0.1) is 0 Å². The van der Waals surface area contributed by atoms with Gasteiger partial charge >= 0.3 is 6.03 Å². The molecule has 1 aromatic carbocycles. The first-order valence-corrected chi connectivity index (χ1v) is 10.6. The zero-order valence-corrected chi connectivity index (χ0v) is 15.7. The van der Waals surface area contributed by atoms with E-state index in [4.69, 9.17) is 16.3 Å². The van der Waals surface area contributed by atoms with Gasteiger partial charge in [0.05, 0.1) is 23.7 Å². The Morgan fingerprint density at radius 3 is 2.84 bits per heavy atom. The summed E-state index contributed by atoms with van der Waals surface area (Å²) in [5.41, 5.74) is 0.925. The summed E-state index contributed by atoms with van der Waals surface area (Å²) in [6.45, 7) is 2.96. The lowest BCUT2D eigenvalue weighted by atomic mass is 10.0. The maximum Gasteiger partial charge on any atom is 0.317 e.